The molecule has 1 amide bonds. The van der Waals surface area contributed by atoms with E-state index in [9.17, 15) is 4.79 Å². The molecule has 0 spiro atoms. The lowest BCUT2D eigenvalue weighted by Gasteiger charge is -2.15. The van der Waals surface area contributed by atoms with Crippen molar-refractivity contribution in [1.82, 2.24) is 15.1 Å². The monoisotopic (exact) mass is 275 g/mol. The Morgan fingerprint density at radius 3 is 3.11 bits per heavy atom. The van der Waals surface area contributed by atoms with Crippen LogP contribution in [0.4, 0.5) is 0 Å². The maximum Gasteiger partial charge on any atom is 0.227 e. The molecular formula is C14H17N3OS. The summed E-state index contributed by atoms with van der Waals surface area (Å²) in [6, 6.07) is 6.13. The second-order valence-corrected chi connectivity index (χ2v) is 6.40. The Labute approximate surface area is 116 Å². The fourth-order valence-electron chi connectivity index (χ4n) is 2.58. The first-order chi connectivity index (χ1) is 9.22. The lowest BCUT2D eigenvalue weighted by Crippen LogP contribution is -2.29. The average Bonchev–Trinajstić information content (AvgIpc) is 3.08. The molecule has 0 radical (unpaired) electrons. The quantitative estimate of drug-likeness (QED) is 0.934. The van der Waals surface area contributed by atoms with Crippen molar-refractivity contribution in [3.8, 4) is 0 Å². The zero-order valence-corrected chi connectivity index (χ0v) is 11.7. The van der Waals surface area contributed by atoms with Crippen molar-refractivity contribution in [2.75, 3.05) is 13.1 Å². The first kappa shape index (κ1) is 12.4. The van der Waals surface area contributed by atoms with Crippen LogP contribution in [0, 0.1) is 6.92 Å². The summed E-state index contributed by atoms with van der Waals surface area (Å²) < 4.78 is 0. The van der Waals surface area contributed by atoms with Gasteiger partial charge in [0.15, 0.2) is 0 Å². The smallest absolute Gasteiger partial charge is 0.227 e. The van der Waals surface area contributed by atoms with Crippen LogP contribution in [-0.4, -0.2) is 34.1 Å². The fraction of sp³-hybridized carbons (Fsp3) is 0.429. The van der Waals surface area contributed by atoms with Crippen molar-refractivity contribution in [2.45, 2.75) is 25.7 Å². The third-order valence-electron chi connectivity index (χ3n) is 3.62. The molecule has 1 saturated heterocycles. The summed E-state index contributed by atoms with van der Waals surface area (Å²) in [5.41, 5.74) is 1.14. The number of nitrogens with zero attached hydrogens (tertiary/aromatic N) is 2. The van der Waals surface area contributed by atoms with Crippen molar-refractivity contribution in [2.24, 2.45) is 0 Å². The lowest BCUT2D eigenvalue weighted by atomic mass is 10.1. The molecule has 2 aromatic heterocycles. The third kappa shape index (κ3) is 2.71. The van der Waals surface area contributed by atoms with E-state index in [0.29, 0.717) is 12.3 Å². The minimum Gasteiger partial charge on any atom is -0.342 e. The van der Waals surface area contributed by atoms with Gasteiger partial charge in [-0.1, -0.05) is 0 Å². The van der Waals surface area contributed by atoms with Gasteiger partial charge in [-0.25, -0.2) is 0 Å². The maximum atomic E-state index is 12.2. The van der Waals surface area contributed by atoms with Crippen molar-refractivity contribution in [3.05, 3.63) is 39.8 Å². The van der Waals surface area contributed by atoms with Gasteiger partial charge in [-0.05, 0) is 31.5 Å². The Balaban J connectivity index is 1.60. The van der Waals surface area contributed by atoms with Crippen LogP contribution in [0.2, 0.25) is 0 Å². The Hall–Kier alpha value is -1.62. The molecule has 19 heavy (non-hydrogen) atoms. The Bertz CT molecular complexity index is 561. The minimum atomic E-state index is 0.240. The zero-order valence-electron chi connectivity index (χ0n) is 10.9. The van der Waals surface area contributed by atoms with Crippen LogP contribution in [-0.2, 0) is 11.2 Å². The standard InChI is InChI=1S/C14H17N3OS/c1-10-2-3-12(19-10)8-14(18)17-7-5-11(9-17)13-4-6-15-16-13/h2-4,6,11H,5,7-9H2,1H3,(H,15,16)/t11-/m1/s1. The van der Waals surface area contributed by atoms with E-state index >= 15 is 0 Å². The molecule has 3 rings (SSSR count). The molecule has 0 saturated carbocycles. The van der Waals surface area contributed by atoms with E-state index < -0.39 is 0 Å². The molecule has 1 fully saturated rings. The van der Waals surface area contributed by atoms with E-state index in [1.165, 1.54) is 4.88 Å². The highest BCUT2D eigenvalue weighted by atomic mass is 32.1. The molecule has 2 aromatic rings. The zero-order chi connectivity index (χ0) is 13.2. The number of carbonyl (C=O) groups is 1. The van der Waals surface area contributed by atoms with Crippen molar-refractivity contribution in [3.63, 3.8) is 0 Å². The van der Waals surface area contributed by atoms with Crippen molar-refractivity contribution >= 4 is 17.2 Å². The number of aryl methyl sites for hydroxylation is 1. The highest BCUT2D eigenvalue weighted by Crippen LogP contribution is 2.26. The van der Waals surface area contributed by atoms with Crippen LogP contribution in [0.3, 0.4) is 0 Å². The summed E-state index contributed by atoms with van der Waals surface area (Å²) >= 11 is 1.71. The van der Waals surface area contributed by atoms with E-state index in [0.717, 1.165) is 30.1 Å². The van der Waals surface area contributed by atoms with E-state index in [1.807, 2.05) is 11.0 Å². The van der Waals surface area contributed by atoms with Crippen molar-refractivity contribution in [1.29, 1.82) is 0 Å². The molecule has 0 aromatic carbocycles. The number of hydrogen-bond donors (Lipinski definition) is 1. The number of carbonyl (C=O) groups excluding carboxylic acids is 1. The topological polar surface area (TPSA) is 49.0 Å². The van der Waals surface area contributed by atoms with Crippen LogP contribution < -0.4 is 0 Å². The Kier molecular flexibility index (Phi) is 3.38. The Morgan fingerprint density at radius 2 is 2.42 bits per heavy atom. The summed E-state index contributed by atoms with van der Waals surface area (Å²) in [7, 11) is 0. The number of amides is 1. The van der Waals surface area contributed by atoms with Gasteiger partial charge < -0.3 is 4.90 Å². The number of likely N-dealkylation sites (tertiary alicyclic amines) is 1. The minimum absolute atomic E-state index is 0.240. The van der Waals surface area contributed by atoms with Gasteiger partial charge in [0, 0.05) is 40.7 Å². The molecule has 0 aliphatic carbocycles. The van der Waals surface area contributed by atoms with E-state index in [4.69, 9.17) is 0 Å². The average molecular weight is 275 g/mol. The predicted molar refractivity (Wildman–Crippen MR) is 75.3 cm³/mol. The lowest BCUT2D eigenvalue weighted by molar-refractivity contribution is -0.129. The summed E-state index contributed by atoms with van der Waals surface area (Å²) in [6.07, 6.45) is 3.33. The van der Waals surface area contributed by atoms with Crippen LogP contribution in [0.25, 0.3) is 0 Å². The predicted octanol–water partition coefficient (Wildman–Crippen LogP) is 2.34. The summed E-state index contributed by atoms with van der Waals surface area (Å²) in [6.45, 7) is 3.74. The number of H-pyrrole nitrogens is 1. The number of aromatic amines is 1. The van der Waals surface area contributed by atoms with Crippen molar-refractivity contribution < 1.29 is 4.79 Å². The van der Waals surface area contributed by atoms with Gasteiger partial charge >= 0.3 is 0 Å². The van der Waals surface area contributed by atoms with Crippen LogP contribution in [0.5, 0.6) is 0 Å². The number of nitrogens with one attached hydrogen (secondary N) is 1. The summed E-state index contributed by atoms with van der Waals surface area (Å²) in [4.78, 5) is 16.6. The first-order valence-electron chi connectivity index (χ1n) is 6.55. The van der Waals surface area contributed by atoms with Gasteiger partial charge in [-0.2, -0.15) is 5.10 Å². The van der Waals surface area contributed by atoms with Crippen LogP contribution >= 0.6 is 11.3 Å². The summed E-state index contributed by atoms with van der Waals surface area (Å²) in [5, 5.41) is 6.99. The molecule has 0 bridgehead atoms. The molecule has 5 heteroatoms. The Morgan fingerprint density at radius 1 is 1.53 bits per heavy atom. The molecule has 3 heterocycles. The molecule has 1 N–H and O–H groups in total. The largest absolute Gasteiger partial charge is 0.342 e. The van der Waals surface area contributed by atoms with E-state index in [2.05, 4.69) is 29.3 Å². The second-order valence-electron chi connectivity index (χ2n) is 5.03. The SMILES string of the molecule is Cc1ccc(CC(=O)N2CC[C@@H](c3ccn[nH]3)C2)s1. The van der Waals surface area contributed by atoms with E-state index in [-0.39, 0.29) is 5.91 Å². The fourth-order valence-corrected chi connectivity index (χ4v) is 3.46. The van der Waals surface area contributed by atoms with Gasteiger partial charge in [0.1, 0.15) is 0 Å². The highest BCUT2D eigenvalue weighted by molar-refractivity contribution is 7.12. The number of rotatable bonds is 3. The van der Waals surface area contributed by atoms with Gasteiger partial charge in [-0.3, -0.25) is 9.89 Å². The van der Waals surface area contributed by atoms with Gasteiger partial charge in [0.2, 0.25) is 5.91 Å². The normalized spacial score (nSPS) is 19.0. The summed E-state index contributed by atoms with van der Waals surface area (Å²) in [5.74, 6) is 0.653. The third-order valence-corrected chi connectivity index (χ3v) is 4.63. The highest BCUT2D eigenvalue weighted by Gasteiger charge is 2.28. The molecule has 1 atom stereocenters. The number of thiophene rings is 1. The first-order valence-corrected chi connectivity index (χ1v) is 7.36. The molecule has 1 aliphatic heterocycles. The van der Waals surface area contributed by atoms with E-state index in [1.54, 1.807) is 17.5 Å². The van der Waals surface area contributed by atoms with Gasteiger partial charge in [-0.15, -0.1) is 11.3 Å². The van der Waals surface area contributed by atoms with Gasteiger partial charge in [0.25, 0.3) is 0 Å². The molecule has 100 valence electrons. The molecule has 0 unspecified atom stereocenters. The second kappa shape index (κ2) is 5.17. The van der Waals surface area contributed by atoms with Crippen LogP contribution in [0.15, 0.2) is 24.4 Å². The van der Waals surface area contributed by atoms with Gasteiger partial charge in [0.05, 0.1) is 6.42 Å². The van der Waals surface area contributed by atoms with Crippen LogP contribution in [0.1, 0.15) is 27.8 Å². The number of aromatic nitrogens is 2. The maximum absolute atomic E-state index is 12.2. The number of hydrogen-bond acceptors (Lipinski definition) is 3. The molecule has 4 nitrogen and oxygen atoms in total. The molecule has 1 aliphatic rings. The molecular weight excluding hydrogens is 258 g/mol.